The maximum atomic E-state index is 15.6. The molecule has 0 amide bonds. The summed E-state index contributed by atoms with van der Waals surface area (Å²) in [5.41, 5.74) is 10.3. The molecule has 3 aliphatic heterocycles. The van der Waals surface area contributed by atoms with Crippen LogP contribution in [0.15, 0.2) is 24.5 Å². The smallest absolute Gasteiger partial charge is 0.228 e. The highest BCUT2D eigenvalue weighted by Crippen LogP contribution is 2.41. The van der Waals surface area contributed by atoms with Gasteiger partial charge < -0.3 is 29.9 Å². The van der Waals surface area contributed by atoms with Crippen molar-refractivity contribution in [3.63, 3.8) is 0 Å². The fraction of sp³-hybridized carbons (Fsp3) is 0.440. The molecule has 0 spiro atoms. The highest BCUT2D eigenvalue weighted by molar-refractivity contribution is 5.78. The number of nitrogens with zero attached hydrogens (tertiary/aromatic N) is 7. The van der Waals surface area contributed by atoms with Crippen LogP contribution in [0, 0.1) is 12.7 Å². The first-order valence-corrected chi connectivity index (χ1v) is 12.3. The lowest BCUT2D eigenvalue weighted by Crippen LogP contribution is -2.37. The zero-order valence-corrected chi connectivity index (χ0v) is 20.3. The van der Waals surface area contributed by atoms with Crippen LogP contribution in [0.25, 0.3) is 11.3 Å². The Morgan fingerprint density at radius 3 is 2.25 bits per heavy atom. The van der Waals surface area contributed by atoms with Gasteiger partial charge in [0.25, 0.3) is 0 Å². The lowest BCUT2D eigenvalue weighted by atomic mass is 10.1. The van der Waals surface area contributed by atoms with Gasteiger partial charge in [0.1, 0.15) is 11.6 Å². The Morgan fingerprint density at radius 1 is 0.889 bits per heavy atom. The monoisotopic (exact) mass is 492 g/mol. The Hall–Kier alpha value is -3.57. The third-order valence-electron chi connectivity index (χ3n) is 6.94. The van der Waals surface area contributed by atoms with E-state index in [0.29, 0.717) is 69.7 Å². The number of anilines is 5. The predicted molar refractivity (Wildman–Crippen MR) is 135 cm³/mol. The third kappa shape index (κ3) is 4.18. The van der Waals surface area contributed by atoms with Gasteiger partial charge in [0.05, 0.1) is 37.8 Å². The molecule has 2 fully saturated rings. The minimum atomic E-state index is -0.233. The van der Waals surface area contributed by atoms with Gasteiger partial charge in [-0.15, -0.1) is 0 Å². The number of hydrogen-bond donors (Lipinski definition) is 1. The number of nitrogen functional groups attached to an aromatic ring is 1. The molecule has 6 rings (SSSR count). The van der Waals surface area contributed by atoms with E-state index in [9.17, 15) is 0 Å². The molecule has 2 saturated heterocycles. The number of fused-ring (bicyclic) bond motifs is 1. The van der Waals surface area contributed by atoms with Gasteiger partial charge >= 0.3 is 0 Å². The first-order valence-electron chi connectivity index (χ1n) is 12.3. The van der Waals surface area contributed by atoms with Gasteiger partial charge in [0.15, 0.2) is 0 Å². The molecule has 36 heavy (non-hydrogen) atoms. The maximum Gasteiger partial charge on any atom is 0.228 e. The summed E-state index contributed by atoms with van der Waals surface area (Å²) in [6.45, 7) is 7.92. The van der Waals surface area contributed by atoms with Gasteiger partial charge in [-0.2, -0.15) is 4.98 Å². The predicted octanol–water partition coefficient (Wildman–Crippen LogP) is 2.33. The summed E-state index contributed by atoms with van der Waals surface area (Å²) in [7, 11) is 0. The van der Waals surface area contributed by atoms with Gasteiger partial charge in [-0.3, -0.25) is 0 Å². The topological polar surface area (TPSA) is 106 Å². The zero-order chi connectivity index (χ0) is 24.6. The summed E-state index contributed by atoms with van der Waals surface area (Å²) in [4.78, 5) is 24.6. The van der Waals surface area contributed by atoms with Crippen molar-refractivity contribution in [2.75, 3.05) is 79.6 Å². The molecule has 11 heteroatoms. The van der Waals surface area contributed by atoms with Crippen LogP contribution in [0.3, 0.4) is 0 Å². The summed E-state index contributed by atoms with van der Waals surface area (Å²) < 4.78 is 26.7. The number of benzene rings is 1. The summed E-state index contributed by atoms with van der Waals surface area (Å²) in [6.07, 6.45) is 4.04. The Labute approximate surface area is 208 Å². The molecule has 0 radical (unpaired) electrons. The molecule has 188 valence electrons. The molecule has 5 heterocycles. The highest BCUT2D eigenvalue weighted by atomic mass is 19.1. The Kier molecular flexibility index (Phi) is 6.02. The summed E-state index contributed by atoms with van der Waals surface area (Å²) in [5.74, 6) is 1.29. The lowest BCUT2D eigenvalue weighted by molar-refractivity contribution is 0.122. The lowest BCUT2D eigenvalue weighted by Gasteiger charge is -2.31. The Balaban J connectivity index is 1.46. The molecule has 3 aromatic rings. The largest absolute Gasteiger partial charge is 0.378 e. The number of halogens is 1. The van der Waals surface area contributed by atoms with E-state index < -0.39 is 0 Å². The molecule has 1 aromatic carbocycles. The van der Waals surface area contributed by atoms with E-state index >= 15 is 4.39 Å². The van der Waals surface area contributed by atoms with Crippen LogP contribution >= 0.6 is 0 Å². The van der Waals surface area contributed by atoms with Crippen LogP contribution in [-0.4, -0.2) is 79.1 Å². The van der Waals surface area contributed by atoms with Crippen LogP contribution in [-0.2, 0) is 15.9 Å². The Bertz CT molecular complexity index is 1260. The molecule has 0 aliphatic carbocycles. The van der Waals surface area contributed by atoms with Crippen LogP contribution in [0.2, 0.25) is 0 Å². The molecule has 10 nitrogen and oxygen atoms in total. The first kappa shape index (κ1) is 22.9. The molecule has 0 saturated carbocycles. The highest BCUT2D eigenvalue weighted by Gasteiger charge is 2.31. The van der Waals surface area contributed by atoms with E-state index in [-0.39, 0.29) is 11.8 Å². The molecule has 0 unspecified atom stereocenters. The quantitative estimate of drug-likeness (QED) is 0.583. The van der Waals surface area contributed by atoms with Crippen LogP contribution in [0.1, 0.15) is 11.1 Å². The average molecular weight is 493 g/mol. The van der Waals surface area contributed by atoms with Gasteiger partial charge in [0.2, 0.25) is 11.9 Å². The summed E-state index contributed by atoms with van der Waals surface area (Å²) >= 11 is 0. The van der Waals surface area contributed by atoms with Crippen molar-refractivity contribution in [1.29, 1.82) is 0 Å². The van der Waals surface area contributed by atoms with Gasteiger partial charge in [-0.25, -0.2) is 19.3 Å². The number of aromatic nitrogens is 4. The van der Waals surface area contributed by atoms with E-state index in [2.05, 4.69) is 19.8 Å². The van der Waals surface area contributed by atoms with Crippen molar-refractivity contribution in [2.24, 2.45) is 0 Å². The number of hydrogen-bond acceptors (Lipinski definition) is 10. The van der Waals surface area contributed by atoms with Crippen LogP contribution < -0.4 is 20.4 Å². The van der Waals surface area contributed by atoms with Crippen LogP contribution in [0.5, 0.6) is 0 Å². The maximum absolute atomic E-state index is 15.6. The molecular formula is C25H29FN8O2. The summed E-state index contributed by atoms with van der Waals surface area (Å²) in [5, 5.41) is 0. The molecule has 3 aliphatic rings. The van der Waals surface area contributed by atoms with E-state index in [1.54, 1.807) is 12.4 Å². The van der Waals surface area contributed by atoms with Crippen molar-refractivity contribution < 1.29 is 13.9 Å². The van der Waals surface area contributed by atoms with E-state index in [0.717, 1.165) is 41.4 Å². The van der Waals surface area contributed by atoms with Gasteiger partial charge in [-0.1, -0.05) is 0 Å². The van der Waals surface area contributed by atoms with E-state index in [1.165, 1.54) is 0 Å². The normalized spacial score (nSPS) is 18.0. The fourth-order valence-electron chi connectivity index (χ4n) is 5.01. The van der Waals surface area contributed by atoms with Crippen molar-refractivity contribution in [1.82, 2.24) is 19.9 Å². The molecule has 0 atom stereocenters. The second kappa shape index (κ2) is 9.47. The fourth-order valence-corrected chi connectivity index (χ4v) is 5.01. The molecule has 2 N–H and O–H groups in total. The number of nitrogens with two attached hydrogens (primary N) is 1. The SMILES string of the molecule is Cc1cc(N2CCOCC2)cc(N2CCc3c(-c4cnc(N)nc4)nc(N4CCOCC4)nc32)c1F. The number of aryl methyl sites for hydroxylation is 1. The van der Waals surface area contributed by atoms with Crippen molar-refractivity contribution in [2.45, 2.75) is 13.3 Å². The number of ether oxygens (including phenoxy) is 2. The van der Waals surface area contributed by atoms with Crippen LogP contribution in [0.4, 0.5) is 33.5 Å². The zero-order valence-electron chi connectivity index (χ0n) is 20.3. The average Bonchev–Trinajstić information content (AvgIpc) is 3.35. The molecule has 0 bridgehead atoms. The first-order chi connectivity index (χ1) is 17.6. The standard InChI is InChI=1S/C25H29FN8O2/c1-16-12-18(32-4-8-35-9-5-32)13-20(21(16)26)34-3-2-19-22(17-14-28-24(27)29-15-17)30-25(31-23(19)34)33-6-10-36-11-7-33/h12-15H,2-11H2,1H3,(H2,27,28,29). The summed E-state index contributed by atoms with van der Waals surface area (Å²) in [6, 6.07) is 3.85. The third-order valence-corrected chi connectivity index (χ3v) is 6.94. The van der Waals surface area contributed by atoms with Crippen molar-refractivity contribution >= 4 is 29.1 Å². The minimum Gasteiger partial charge on any atom is -0.378 e. The van der Waals surface area contributed by atoms with E-state index in [4.69, 9.17) is 25.2 Å². The van der Waals surface area contributed by atoms with Gasteiger partial charge in [0, 0.05) is 61.9 Å². The van der Waals surface area contributed by atoms with Gasteiger partial charge in [-0.05, 0) is 31.0 Å². The number of morpholine rings is 2. The Morgan fingerprint density at radius 2 is 1.56 bits per heavy atom. The number of rotatable bonds is 4. The second-order valence-electron chi connectivity index (χ2n) is 9.20. The minimum absolute atomic E-state index is 0.206. The van der Waals surface area contributed by atoms with Crippen molar-refractivity contribution in [3.05, 3.63) is 41.5 Å². The van der Waals surface area contributed by atoms with E-state index in [1.807, 2.05) is 24.0 Å². The second-order valence-corrected chi connectivity index (χ2v) is 9.20. The molecule has 2 aromatic heterocycles. The molecular weight excluding hydrogens is 463 g/mol. The van der Waals surface area contributed by atoms with Crippen molar-refractivity contribution in [3.8, 4) is 11.3 Å².